The lowest BCUT2D eigenvalue weighted by atomic mass is 9.78. The van der Waals surface area contributed by atoms with Crippen molar-refractivity contribution in [1.29, 1.82) is 0 Å². The third-order valence-corrected chi connectivity index (χ3v) is 6.33. The highest BCUT2D eigenvalue weighted by atomic mass is 16.6. The molecule has 0 spiro atoms. The number of amides is 2. The summed E-state index contributed by atoms with van der Waals surface area (Å²) in [5.41, 5.74) is 7.26. The lowest BCUT2D eigenvalue weighted by molar-refractivity contribution is -0.110. The van der Waals surface area contributed by atoms with Crippen LogP contribution in [0.15, 0.2) is 22.8 Å². The van der Waals surface area contributed by atoms with Crippen molar-refractivity contribution in [2.45, 2.75) is 56.6 Å². The zero-order chi connectivity index (χ0) is 24.5. The smallest absolute Gasteiger partial charge is 0.407 e. The van der Waals surface area contributed by atoms with E-state index in [0.717, 1.165) is 44.4 Å². The van der Waals surface area contributed by atoms with Crippen LogP contribution in [0.3, 0.4) is 0 Å². The normalized spacial score (nSPS) is 25.0. The molecule has 34 heavy (non-hydrogen) atoms. The van der Waals surface area contributed by atoms with Gasteiger partial charge in [0.05, 0.1) is 6.61 Å². The number of methoxy groups -OCH3 is 2. The molecular formula is C23H36N6O5. The lowest BCUT2D eigenvalue weighted by Gasteiger charge is -2.35. The molecule has 2 aliphatic rings. The Labute approximate surface area is 199 Å². The molecule has 5 N–H and O–H groups in total. The van der Waals surface area contributed by atoms with Crippen molar-refractivity contribution < 1.29 is 23.8 Å². The van der Waals surface area contributed by atoms with E-state index in [4.69, 9.17) is 19.9 Å². The summed E-state index contributed by atoms with van der Waals surface area (Å²) < 4.78 is 15.7. The summed E-state index contributed by atoms with van der Waals surface area (Å²) in [6, 6.07) is 2.00. The largest absolute Gasteiger partial charge is 0.446 e. The van der Waals surface area contributed by atoms with E-state index >= 15 is 0 Å². The lowest BCUT2D eigenvalue weighted by Crippen LogP contribution is -2.45. The highest BCUT2D eigenvalue weighted by molar-refractivity contribution is 6.47. The summed E-state index contributed by atoms with van der Waals surface area (Å²) in [4.78, 5) is 28.7. The average molecular weight is 477 g/mol. The molecule has 0 aliphatic heterocycles. The van der Waals surface area contributed by atoms with Crippen molar-refractivity contribution in [3.63, 3.8) is 0 Å². The van der Waals surface area contributed by atoms with E-state index in [2.05, 4.69) is 25.8 Å². The minimum Gasteiger partial charge on any atom is -0.446 e. The molecule has 0 saturated heterocycles. The number of aliphatic imine (C=N–C) groups is 1. The Kier molecular flexibility index (Phi) is 9.46. The second kappa shape index (κ2) is 12.5. The Bertz CT molecular complexity index is 892. The number of carbonyl (C=O) groups excluding carboxylic acids is 2. The first-order valence-corrected chi connectivity index (χ1v) is 11.7. The Hall–Kier alpha value is -2.92. The predicted molar refractivity (Wildman–Crippen MR) is 128 cm³/mol. The number of rotatable bonds is 11. The highest BCUT2D eigenvalue weighted by Crippen LogP contribution is 2.36. The fourth-order valence-corrected chi connectivity index (χ4v) is 4.46. The van der Waals surface area contributed by atoms with Crippen LogP contribution in [0.1, 0.15) is 50.1 Å². The number of aromatic nitrogens is 2. The van der Waals surface area contributed by atoms with Crippen LogP contribution in [0.2, 0.25) is 0 Å². The van der Waals surface area contributed by atoms with E-state index in [1.807, 2.05) is 0 Å². The number of alkyl carbamates (subject to hydrolysis) is 1. The number of hydrogen-bond donors (Lipinski definition) is 4. The maximum Gasteiger partial charge on any atom is 0.407 e. The Morgan fingerprint density at radius 3 is 2.76 bits per heavy atom. The first-order valence-electron chi connectivity index (χ1n) is 11.7. The molecule has 2 amide bonds. The molecule has 0 aromatic carbocycles. The van der Waals surface area contributed by atoms with E-state index < -0.39 is 5.91 Å². The molecule has 2 saturated carbocycles. The van der Waals surface area contributed by atoms with Crippen molar-refractivity contribution in [1.82, 2.24) is 15.5 Å². The fraction of sp³-hybridized carbons (Fsp3) is 0.652. The first kappa shape index (κ1) is 25.7. The quantitative estimate of drug-likeness (QED) is 0.357. The van der Waals surface area contributed by atoms with Gasteiger partial charge < -0.3 is 30.6 Å². The van der Waals surface area contributed by atoms with Gasteiger partial charge in [-0.05, 0) is 50.5 Å². The van der Waals surface area contributed by atoms with Gasteiger partial charge in [0.25, 0.3) is 5.91 Å². The summed E-state index contributed by atoms with van der Waals surface area (Å²) in [5, 5.41) is 12.9. The maximum atomic E-state index is 12.5. The van der Waals surface area contributed by atoms with Gasteiger partial charge in [-0.3, -0.25) is 14.9 Å². The standard InChI is InChI=1S/C23H36N6O5/c1-25-20(11-16(24)13-33-3)22(30)27-21-12-19(28-29-21)15-4-5-18(10-15)34-23(31)26-17-8-14(9-17)6-7-32-2/h11-12,14-15,17-18H,4-10,13,24H2,1-3H3,(H,26,31)(H2,27,28,29,30)/t14?,15-,17?,18+/m0/s1. The first-order chi connectivity index (χ1) is 16.4. The number of nitrogens with zero attached hydrogens (tertiary/aromatic N) is 2. The molecule has 0 unspecified atom stereocenters. The predicted octanol–water partition coefficient (Wildman–Crippen LogP) is 2.09. The molecule has 2 atom stereocenters. The topological polar surface area (TPSA) is 153 Å². The van der Waals surface area contributed by atoms with Gasteiger partial charge >= 0.3 is 6.09 Å². The summed E-state index contributed by atoms with van der Waals surface area (Å²) >= 11 is 0. The average Bonchev–Trinajstić information content (AvgIpc) is 3.43. The monoisotopic (exact) mass is 476 g/mol. The molecule has 3 rings (SSSR count). The number of nitrogens with two attached hydrogens (primary N) is 1. The molecular weight excluding hydrogens is 440 g/mol. The zero-order valence-electron chi connectivity index (χ0n) is 20.1. The number of ether oxygens (including phenoxy) is 3. The number of H-pyrrole nitrogens is 1. The van der Waals surface area contributed by atoms with E-state index in [1.165, 1.54) is 20.2 Å². The van der Waals surface area contributed by atoms with Crippen molar-refractivity contribution >= 4 is 23.5 Å². The Morgan fingerprint density at radius 2 is 2.06 bits per heavy atom. The van der Waals surface area contributed by atoms with Crippen LogP contribution >= 0.6 is 0 Å². The molecule has 1 aromatic heterocycles. The summed E-state index contributed by atoms with van der Waals surface area (Å²) in [7, 11) is 4.74. The van der Waals surface area contributed by atoms with Crippen LogP contribution < -0.4 is 16.4 Å². The maximum absolute atomic E-state index is 12.5. The summed E-state index contributed by atoms with van der Waals surface area (Å²) in [5.74, 6) is 0.781. The fourth-order valence-electron chi connectivity index (χ4n) is 4.46. The van der Waals surface area contributed by atoms with Gasteiger partial charge in [0.15, 0.2) is 5.82 Å². The number of carbonyl (C=O) groups is 2. The second-order valence-electron chi connectivity index (χ2n) is 8.92. The van der Waals surface area contributed by atoms with Crippen molar-refractivity contribution in [2.24, 2.45) is 16.6 Å². The van der Waals surface area contributed by atoms with E-state index in [1.54, 1.807) is 13.2 Å². The highest BCUT2D eigenvalue weighted by Gasteiger charge is 2.33. The number of hydrogen-bond acceptors (Lipinski definition) is 8. The van der Waals surface area contributed by atoms with Crippen molar-refractivity contribution in [2.75, 3.05) is 39.8 Å². The van der Waals surface area contributed by atoms with Crippen LogP contribution in [0, 0.1) is 5.92 Å². The molecule has 1 heterocycles. The van der Waals surface area contributed by atoms with Gasteiger partial charge in [-0.2, -0.15) is 5.10 Å². The number of nitrogens with one attached hydrogen (secondary N) is 3. The van der Waals surface area contributed by atoms with E-state index in [-0.39, 0.29) is 36.5 Å². The van der Waals surface area contributed by atoms with E-state index in [9.17, 15) is 9.59 Å². The molecule has 2 fully saturated rings. The van der Waals surface area contributed by atoms with Gasteiger partial charge in [0, 0.05) is 57.3 Å². The Morgan fingerprint density at radius 1 is 1.26 bits per heavy atom. The van der Waals surface area contributed by atoms with Crippen LogP contribution in [0.5, 0.6) is 0 Å². The van der Waals surface area contributed by atoms with Gasteiger partial charge in [0.2, 0.25) is 0 Å². The van der Waals surface area contributed by atoms with Crippen LogP contribution in [-0.4, -0.2) is 74.5 Å². The molecule has 188 valence electrons. The van der Waals surface area contributed by atoms with Gasteiger partial charge in [0.1, 0.15) is 11.8 Å². The van der Waals surface area contributed by atoms with Crippen molar-refractivity contribution in [3.05, 3.63) is 23.5 Å². The summed E-state index contributed by atoms with van der Waals surface area (Å²) in [6.45, 7) is 0.967. The molecule has 0 bridgehead atoms. The molecule has 11 nitrogen and oxygen atoms in total. The number of anilines is 1. The SMILES string of the molecule is CN=C(C=C(N)COC)C(=O)Nc1cc([C@H]2CC[C@@H](OC(=O)NC3CC(CCOC)C3)C2)[nH]n1. The van der Waals surface area contributed by atoms with Crippen LogP contribution in [-0.2, 0) is 19.0 Å². The minimum absolute atomic E-state index is 0.136. The van der Waals surface area contributed by atoms with Crippen LogP contribution in [0.25, 0.3) is 0 Å². The van der Waals surface area contributed by atoms with Gasteiger partial charge in [-0.15, -0.1) is 0 Å². The molecule has 0 radical (unpaired) electrons. The molecule has 2 aliphatic carbocycles. The van der Waals surface area contributed by atoms with Gasteiger partial charge in [-0.25, -0.2) is 4.79 Å². The second-order valence-corrected chi connectivity index (χ2v) is 8.92. The van der Waals surface area contributed by atoms with Gasteiger partial charge in [-0.1, -0.05) is 0 Å². The number of aromatic amines is 1. The third kappa shape index (κ3) is 7.29. The van der Waals surface area contributed by atoms with Crippen molar-refractivity contribution in [3.8, 4) is 0 Å². The molecule has 1 aromatic rings. The minimum atomic E-state index is -0.413. The third-order valence-electron chi connectivity index (χ3n) is 6.33. The summed E-state index contributed by atoms with van der Waals surface area (Å²) in [6.07, 6.45) is 6.35. The molecule has 11 heteroatoms. The Balaban J connectivity index is 1.42. The van der Waals surface area contributed by atoms with Crippen LogP contribution in [0.4, 0.5) is 10.6 Å². The van der Waals surface area contributed by atoms with E-state index in [0.29, 0.717) is 23.9 Å². The zero-order valence-corrected chi connectivity index (χ0v) is 20.1.